The Kier molecular flexibility index (Phi) is 7.07. The van der Waals surface area contributed by atoms with E-state index in [-0.39, 0.29) is 5.82 Å². The van der Waals surface area contributed by atoms with E-state index in [1.54, 1.807) is 12.1 Å². The molecule has 10 rings (SSSR count). The van der Waals surface area contributed by atoms with Crippen LogP contribution >= 0.6 is 0 Å². The summed E-state index contributed by atoms with van der Waals surface area (Å²) in [5.74, 6) is -0.230. The zero-order valence-corrected chi connectivity index (χ0v) is 28.3. The maximum Gasteiger partial charge on any atom is 0.123 e. The fourth-order valence-electron chi connectivity index (χ4n) is 8.09. The number of rotatable bonds is 5. The molecule has 0 fully saturated rings. The number of nitrogens with zero attached hydrogens (tertiary/aromatic N) is 1. The fourth-order valence-corrected chi connectivity index (χ4v) is 8.09. The smallest absolute Gasteiger partial charge is 0.123 e. The highest BCUT2D eigenvalue weighted by Crippen LogP contribution is 2.46. The lowest BCUT2D eigenvalue weighted by molar-refractivity contribution is 0.630. The first-order valence-corrected chi connectivity index (χ1v) is 17.7. The van der Waals surface area contributed by atoms with Crippen LogP contribution < -0.4 is 4.90 Å². The fraction of sp³-hybridized carbons (Fsp3) is 0. The summed E-state index contributed by atoms with van der Waals surface area (Å²) in [5, 5.41) is 11.1. The van der Waals surface area contributed by atoms with E-state index >= 15 is 4.39 Å². The highest BCUT2D eigenvalue weighted by atomic mass is 19.1. The largest absolute Gasteiger partial charge is 0.310 e. The van der Waals surface area contributed by atoms with Crippen LogP contribution in [0.2, 0.25) is 0 Å². The second-order valence-electron chi connectivity index (χ2n) is 13.4. The molecule has 52 heavy (non-hydrogen) atoms. The van der Waals surface area contributed by atoms with E-state index in [9.17, 15) is 0 Å². The predicted octanol–water partition coefficient (Wildman–Crippen LogP) is 14.4. The number of hydrogen-bond donors (Lipinski definition) is 0. The Balaban J connectivity index is 1.26. The molecule has 10 aromatic rings. The van der Waals surface area contributed by atoms with E-state index in [1.807, 2.05) is 18.2 Å². The molecule has 0 unspecified atom stereocenters. The normalized spacial score (nSPS) is 11.6. The van der Waals surface area contributed by atoms with Crippen LogP contribution in [0.15, 0.2) is 194 Å². The van der Waals surface area contributed by atoms with Gasteiger partial charge in [0.2, 0.25) is 0 Å². The minimum Gasteiger partial charge on any atom is -0.310 e. The van der Waals surface area contributed by atoms with Gasteiger partial charge < -0.3 is 4.90 Å². The van der Waals surface area contributed by atoms with Crippen LogP contribution in [-0.4, -0.2) is 0 Å². The molecule has 0 bridgehead atoms. The van der Waals surface area contributed by atoms with Crippen molar-refractivity contribution in [3.05, 3.63) is 200 Å². The highest BCUT2D eigenvalue weighted by Gasteiger charge is 2.19. The molecule has 0 spiro atoms. The van der Waals surface area contributed by atoms with Crippen molar-refractivity contribution in [3.8, 4) is 22.3 Å². The van der Waals surface area contributed by atoms with Gasteiger partial charge in [0.25, 0.3) is 0 Å². The molecule has 0 saturated carbocycles. The first-order valence-electron chi connectivity index (χ1n) is 17.7. The first kappa shape index (κ1) is 30.1. The van der Waals surface area contributed by atoms with Crippen LogP contribution in [0.4, 0.5) is 21.5 Å². The van der Waals surface area contributed by atoms with Gasteiger partial charge in [-0.25, -0.2) is 4.39 Å². The van der Waals surface area contributed by atoms with Crippen molar-refractivity contribution in [2.75, 3.05) is 4.90 Å². The van der Waals surface area contributed by atoms with Crippen LogP contribution in [0, 0.1) is 5.82 Å². The molecule has 0 aliphatic rings. The van der Waals surface area contributed by atoms with Crippen molar-refractivity contribution in [3.63, 3.8) is 0 Å². The lowest BCUT2D eigenvalue weighted by Gasteiger charge is -2.27. The SMILES string of the molecule is Fc1ccc2c3ccc(N(c4ccc(-c5ccccc5)cc4)c4ccc(-c5ccccc5)cc4)cc3c3c4ccccc4c4ccccc4c3c2c1. The number of benzene rings is 10. The number of halogens is 1. The molecule has 0 aliphatic carbocycles. The zero-order chi connectivity index (χ0) is 34.6. The summed E-state index contributed by atoms with van der Waals surface area (Å²) in [6, 6.07) is 67.8. The topological polar surface area (TPSA) is 3.24 Å². The van der Waals surface area contributed by atoms with Crippen LogP contribution in [0.1, 0.15) is 0 Å². The lowest BCUT2D eigenvalue weighted by atomic mass is 9.87. The van der Waals surface area contributed by atoms with Gasteiger partial charge >= 0.3 is 0 Å². The summed E-state index contributed by atoms with van der Waals surface area (Å²) in [6.07, 6.45) is 0. The summed E-state index contributed by atoms with van der Waals surface area (Å²) in [6.45, 7) is 0. The third kappa shape index (κ3) is 4.92. The average Bonchev–Trinajstić information content (AvgIpc) is 3.22. The summed E-state index contributed by atoms with van der Waals surface area (Å²) >= 11 is 0. The Morgan fingerprint density at radius 1 is 0.269 bits per heavy atom. The quantitative estimate of drug-likeness (QED) is 0.165. The summed E-state index contributed by atoms with van der Waals surface area (Å²) in [4.78, 5) is 2.34. The molecule has 0 amide bonds. The molecule has 0 aromatic heterocycles. The van der Waals surface area contributed by atoms with Crippen LogP contribution in [-0.2, 0) is 0 Å². The van der Waals surface area contributed by atoms with Crippen LogP contribution in [0.5, 0.6) is 0 Å². The van der Waals surface area contributed by atoms with Crippen LogP contribution in [0.3, 0.4) is 0 Å². The second kappa shape index (κ2) is 12.2. The van der Waals surface area contributed by atoms with Crippen molar-refractivity contribution < 1.29 is 4.39 Å². The van der Waals surface area contributed by atoms with Gasteiger partial charge in [0.1, 0.15) is 5.82 Å². The van der Waals surface area contributed by atoms with E-state index in [0.29, 0.717) is 0 Å². The number of anilines is 3. The van der Waals surface area contributed by atoms with E-state index in [1.165, 1.54) is 33.0 Å². The number of hydrogen-bond acceptors (Lipinski definition) is 1. The van der Waals surface area contributed by atoms with Gasteiger partial charge in [0.15, 0.2) is 0 Å². The van der Waals surface area contributed by atoms with Crippen molar-refractivity contribution in [2.24, 2.45) is 0 Å². The molecular formula is C50H32FN. The third-order valence-corrected chi connectivity index (χ3v) is 10.5. The Hall–Kier alpha value is -6.77. The predicted molar refractivity (Wildman–Crippen MR) is 219 cm³/mol. The molecule has 244 valence electrons. The van der Waals surface area contributed by atoms with E-state index in [4.69, 9.17) is 0 Å². The molecule has 0 heterocycles. The standard InChI is InChI=1S/C50H32FN/c51-37-23-29-43-44-30-28-40(32-48(44)50-46-18-10-8-16-42(46)41-15-7-9-17-45(41)49(50)47(43)31-37)52(38-24-19-35(20-25-38)33-11-3-1-4-12-33)39-26-21-36(22-27-39)34-13-5-2-6-14-34/h1-32H. The van der Waals surface area contributed by atoms with Crippen molar-refractivity contribution in [1.29, 1.82) is 0 Å². The molecule has 2 heteroatoms. The van der Waals surface area contributed by atoms with Gasteiger partial charge in [-0.2, -0.15) is 0 Å². The Labute approximate surface area is 301 Å². The lowest BCUT2D eigenvalue weighted by Crippen LogP contribution is -2.10. The Morgan fingerprint density at radius 2 is 0.635 bits per heavy atom. The monoisotopic (exact) mass is 665 g/mol. The zero-order valence-electron chi connectivity index (χ0n) is 28.3. The third-order valence-electron chi connectivity index (χ3n) is 10.5. The molecule has 0 aliphatic heterocycles. The minimum atomic E-state index is -0.230. The minimum absolute atomic E-state index is 0.230. The molecule has 0 radical (unpaired) electrons. The van der Waals surface area contributed by atoms with Gasteiger partial charge in [-0.1, -0.05) is 146 Å². The molecular weight excluding hydrogens is 634 g/mol. The molecule has 0 N–H and O–H groups in total. The number of fused-ring (bicyclic) bond motifs is 11. The first-order chi connectivity index (χ1) is 25.7. The maximum atomic E-state index is 15.1. The van der Waals surface area contributed by atoms with Gasteiger partial charge in [-0.05, 0) is 125 Å². The van der Waals surface area contributed by atoms with Crippen molar-refractivity contribution >= 4 is 70.9 Å². The molecule has 0 saturated heterocycles. The molecule has 10 aromatic carbocycles. The van der Waals surface area contributed by atoms with E-state index in [2.05, 4.69) is 169 Å². The van der Waals surface area contributed by atoms with Crippen molar-refractivity contribution in [2.45, 2.75) is 0 Å². The Bertz CT molecular complexity index is 2850. The summed E-state index contributed by atoms with van der Waals surface area (Å²) in [5.41, 5.74) is 7.89. The Morgan fingerprint density at radius 3 is 1.13 bits per heavy atom. The van der Waals surface area contributed by atoms with Crippen molar-refractivity contribution in [1.82, 2.24) is 0 Å². The van der Waals surface area contributed by atoms with Gasteiger partial charge in [0.05, 0.1) is 0 Å². The van der Waals surface area contributed by atoms with E-state index < -0.39 is 0 Å². The second-order valence-corrected chi connectivity index (χ2v) is 13.4. The van der Waals surface area contributed by atoms with E-state index in [0.717, 1.165) is 60.2 Å². The molecule has 0 atom stereocenters. The summed E-state index contributed by atoms with van der Waals surface area (Å²) < 4.78 is 15.1. The molecule has 1 nitrogen and oxygen atoms in total. The van der Waals surface area contributed by atoms with Gasteiger partial charge in [-0.15, -0.1) is 0 Å². The average molecular weight is 666 g/mol. The van der Waals surface area contributed by atoms with Gasteiger partial charge in [0, 0.05) is 17.1 Å². The van der Waals surface area contributed by atoms with Gasteiger partial charge in [-0.3, -0.25) is 0 Å². The summed E-state index contributed by atoms with van der Waals surface area (Å²) in [7, 11) is 0. The maximum absolute atomic E-state index is 15.1. The van der Waals surface area contributed by atoms with Crippen LogP contribution in [0.25, 0.3) is 76.1 Å². The highest BCUT2D eigenvalue weighted by molar-refractivity contribution is 6.39.